The Kier molecular flexibility index (Phi) is 20.1. The maximum Gasteiger partial charge on any atom is 0.104 e. The van der Waals surface area contributed by atoms with Crippen LogP contribution in [-0.4, -0.2) is 48.2 Å². The summed E-state index contributed by atoms with van der Waals surface area (Å²) in [7, 11) is 0. The fourth-order valence-corrected chi connectivity index (χ4v) is 5.63. The van der Waals surface area contributed by atoms with Crippen LogP contribution in [0.4, 0.5) is 0 Å². The van der Waals surface area contributed by atoms with Crippen molar-refractivity contribution in [1.82, 2.24) is 0 Å². The summed E-state index contributed by atoms with van der Waals surface area (Å²) in [6, 6.07) is 9.95. The van der Waals surface area contributed by atoms with Gasteiger partial charge in [0.05, 0.1) is 39.3 Å². The number of nitrogens with zero attached hydrogens (tertiary/aromatic N) is 2. The zero-order chi connectivity index (χ0) is 25.1. The van der Waals surface area contributed by atoms with Crippen molar-refractivity contribution in [3.8, 4) is 0 Å². The summed E-state index contributed by atoms with van der Waals surface area (Å²) in [5, 5.41) is 0. The van der Waals surface area contributed by atoms with E-state index < -0.39 is 0 Å². The molecule has 0 aliphatic carbocycles. The molecule has 0 fully saturated rings. The number of rotatable bonds is 22. The quantitative estimate of drug-likeness (QED) is 0.165. The predicted molar refractivity (Wildman–Crippen MR) is 153 cm³/mol. The van der Waals surface area contributed by atoms with E-state index in [9.17, 15) is 0 Å². The highest BCUT2D eigenvalue weighted by atomic mass is 35.5. The van der Waals surface area contributed by atoms with Crippen LogP contribution in [0.2, 0.25) is 0 Å². The maximum absolute atomic E-state index is 2.49. The van der Waals surface area contributed by atoms with E-state index in [4.69, 9.17) is 0 Å². The molecule has 0 amide bonds. The minimum absolute atomic E-state index is 0. The van der Waals surface area contributed by atoms with Gasteiger partial charge < -0.3 is 21.4 Å². The van der Waals surface area contributed by atoms with Crippen molar-refractivity contribution >= 4 is 0 Å². The minimum atomic E-state index is 0. The second-order valence-corrected chi connectivity index (χ2v) is 11.3. The summed E-state index contributed by atoms with van der Waals surface area (Å²) in [6.07, 6.45) is 16.0. The van der Waals surface area contributed by atoms with Gasteiger partial charge in [-0.2, -0.15) is 0 Å². The van der Waals surface area contributed by atoms with Gasteiger partial charge >= 0.3 is 0 Å². The Hall–Kier alpha value is -0.570. The number of unbranched alkanes of at least 4 members (excludes halogenated alkanes) is 6. The molecule has 35 heavy (non-hydrogen) atoms. The molecule has 0 saturated carbocycles. The Bertz CT molecular complexity index is 502. The number of hydrogen-bond donors (Lipinski definition) is 0. The molecule has 0 N–H and O–H groups in total. The molecule has 3 heteroatoms. The molecule has 0 aliphatic rings. The Morgan fingerprint density at radius 3 is 0.771 bits per heavy atom. The lowest BCUT2D eigenvalue weighted by molar-refractivity contribution is -0.941. The third kappa shape index (κ3) is 13.5. The third-order valence-corrected chi connectivity index (χ3v) is 7.97. The molecule has 0 saturated heterocycles. The van der Waals surface area contributed by atoms with Gasteiger partial charge in [-0.15, -0.1) is 0 Å². The van der Waals surface area contributed by atoms with Crippen LogP contribution in [0, 0.1) is 0 Å². The van der Waals surface area contributed by atoms with Crippen molar-refractivity contribution < 1.29 is 21.4 Å². The van der Waals surface area contributed by atoms with Crippen LogP contribution < -0.4 is 12.4 Å². The molecule has 0 spiro atoms. The summed E-state index contributed by atoms with van der Waals surface area (Å²) in [6.45, 7) is 24.7. The normalized spacial score (nSPS) is 12.1. The first-order valence-electron chi connectivity index (χ1n) is 15.3. The van der Waals surface area contributed by atoms with E-state index in [0.29, 0.717) is 0 Å². The molecule has 0 unspecified atom stereocenters. The molecule has 0 heterocycles. The number of hydrogen-bond acceptors (Lipinski definition) is 0. The van der Waals surface area contributed by atoms with E-state index in [1.165, 1.54) is 138 Å². The molecule has 206 valence electrons. The molecule has 1 aromatic rings. The van der Waals surface area contributed by atoms with E-state index in [1.54, 1.807) is 11.1 Å². The average molecular weight is 510 g/mol. The van der Waals surface area contributed by atoms with Gasteiger partial charge in [0.15, 0.2) is 0 Å². The van der Waals surface area contributed by atoms with Crippen molar-refractivity contribution in [1.29, 1.82) is 0 Å². The van der Waals surface area contributed by atoms with Crippen LogP contribution in [-0.2, 0) is 13.1 Å². The van der Waals surface area contributed by atoms with Crippen LogP contribution >= 0.6 is 0 Å². The zero-order valence-corrected chi connectivity index (χ0v) is 25.5. The minimum Gasteiger partial charge on any atom is -1.00 e. The summed E-state index contributed by atoms with van der Waals surface area (Å²) < 4.78 is 2.61. The van der Waals surface area contributed by atoms with Gasteiger partial charge in [0.1, 0.15) is 13.1 Å². The molecule has 0 aromatic heterocycles. The highest BCUT2D eigenvalue weighted by molar-refractivity contribution is 5.21. The van der Waals surface area contributed by atoms with Gasteiger partial charge in [-0.25, -0.2) is 0 Å². The summed E-state index contributed by atoms with van der Waals surface area (Å²) >= 11 is 0. The fourth-order valence-electron chi connectivity index (χ4n) is 5.63. The van der Waals surface area contributed by atoms with Crippen LogP contribution in [0.3, 0.4) is 0 Å². The smallest absolute Gasteiger partial charge is 0.104 e. The highest BCUT2D eigenvalue weighted by Crippen LogP contribution is 2.23. The van der Waals surface area contributed by atoms with Crippen LogP contribution in [0.15, 0.2) is 24.3 Å². The van der Waals surface area contributed by atoms with Gasteiger partial charge in [-0.3, -0.25) is 0 Å². The predicted octanol–water partition coefficient (Wildman–Crippen LogP) is 6.12. The third-order valence-electron chi connectivity index (χ3n) is 7.97. The lowest BCUT2D eigenvalue weighted by atomic mass is 10.1. The molecule has 2 nitrogen and oxygen atoms in total. The van der Waals surface area contributed by atoms with Crippen molar-refractivity contribution in [3.63, 3.8) is 0 Å². The van der Waals surface area contributed by atoms with Crippen LogP contribution in [0.5, 0.6) is 0 Å². The standard InChI is InChI=1S/C32H62N2.ClH/c1-7-13-23-33(24-14-8-2,25-15-9-3)29-31-19-21-32(22-20-31)30-34(26-16-10-4,27-17-11-5)28-18-12-6;/h19-22H,7-18,23-30H2,1-6H3;1H/q+2;/p-1. The SMILES string of the molecule is CCCC[N+](CCCC)(CCCC)Cc1ccc(C[N+](CCCC)(CCCC)CCCC)cc1.[Cl-]. The van der Waals surface area contributed by atoms with Crippen molar-refractivity contribution in [2.24, 2.45) is 0 Å². The maximum atomic E-state index is 2.49. The van der Waals surface area contributed by atoms with E-state index in [0.717, 1.165) is 0 Å². The molecule has 0 aliphatic heterocycles. The summed E-state index contributed by atoms with van der Waals surface area (Å²) in [4.78, 5) is 0. The Morgan fingerprint density at radius 2 is 0.600 bits per heavy atom. The van der Waals surface area contributed by atoms with Gasteiger partial charge in [0.25, 0.3) is 0 Å². The Balaban J connectivity index is 0.0000116. The largest absolute Gasteiger partial charge is 1.00 e. The molecule has 0 bridgehead atoms. The van der Waals surface area contributed by atoms with Gasteiger partial charge in [0.2, 0.25) is 0 Å². The first-order valence-corrected chi connectivity index (χ1v) is 15.3. The monoisotopic (exact) mass is 509 g/mol. The van der Waals surface area contributed by atoms with Crippen molar-refractivity contribution in [3.05, 3.63) is 35.4 Å². The number of benzene rings is 1. The van der Waals surface area contributed by atoms with Gasteiger partial charge in [-0.05, 0) is 38.5 Å². The Morgan fingerprint density at radius 1 is 0.400 bits per heavy atom. The van der Waals surface area contributed by atoms with E-state index >= 15 is 0 Å². The van der Waals surface area contributed by atoms with Crippen LogP contribution in [0.1, 0.15) is 130 Å². The molecule has 0 atom stereocenters. The van der Waals surface area contributed by atoms with Gasteiger partial charge in [0, 0.05) is 11.1 Å². The second-order valence-electron chi connectivity index (χ2n) is 11.3. The fraction of sp³-hybridized carbons (Fsp3) is 0.812. The Labute approximate surface area is 227 Å². The second kappa shape index (κ2) is 20.5. The molecule has 0 radical (unpaired) electrons. The lowest BCUT2D eigenvalue weighted by Crippen LogP contribution is -3.00. The summed E-state index contributed by atoms with van der Waals surface area (Å²) in [5.41, 5.74) is 3.11. The number of quaternary nitrogens is 2. The lowest BCUT2D eigenvalue weighted by Gasteiger charge is -2.40. The first kappa shape index (κ1) is 34.4. The van der Waals surface area contributed by atoms with Crippen molar-refractivity contribution in [2.75, 3.05) is 39.3 Å². The van der Waals surface area contributed by atoms with Gasteiger partial charge in [-0.1, -0.05) is 104 Å². The first-order chi connectivity index (χ1) is 16.5. The molecule has 1 aromatic carbocycles. The molecular weight excluding hydrogens is 448 g/mol. The van der Waals surface area contributed by atoms with E-state index in [-0.39, 0.29) is 12.4 Å². The van der Waals surface area contributed by atoms with E-state index in [2.05, 4.69) is 65.8 Å². The summed E-state index contributed by atoms with van der Waals surface area (Å²) in [5.74, 6) is 0. The molecular formula is C32H62ClN2+. The average Bonchev–Trinajstić information content (AvgIpc) is 2.86. The van der Waals surface area contributed by atoms with Crippen LogP contribution in [0.25, 0.3) is 0 Å². The van der Waals surface area contributed by atoms with E-state index in [1.807, 2.05) is 0 Å². The van der Waals surface area contributed by atoms with Crippen molar-refractivity contribution in [2.45, 2.75) is 132 Å². The topological polar surface area (TPSA) is 0 Å². The highest BCUT2D eigenvalue weighted by Gasteiger charge is 2.28. The number of halogens is 1. The zero-order valence-electron chi connectivity index (χ0n) is 24.7. The molecule has 1 rings (SSSR count).